The van der Waals surface area contributed by atoms with Crippen LogP contribution in [0.15, 0.2) is 36.7 Å². The van der Waals surface area contributed by atoms with Crippen molar-refractivity contribution in [1.82, 2.24) is 9.97 Å². The molecule has 0 spiro atoms. The summed E-state index contributed by atoms with van der Waals surface area (Å²) in [7, 11) is 0. The Morgan fingerprint density at radius 3 is 2.73 bits per heavy atom. The number of halogens is 2. The highest BCUT2D eigenvalue weighted by Gasteiger charge is 2.01. The van der Waals surface area contributed by atoms with Crippen molar-refractivity contribution >= 4 is 34.1 Å². The number of hydrogen-bond acceptors (Lipinski definition) is 3. The largest absolute Gasteiger partial charge is 0.339 e. The van der Waals surface area contributed by atoms with Gasteiger partial charge in [0, 0.05) is 9.64 Å². The number of aromatic nitrogens is 2. The van der Waals surface area contributed by atoms with E-state index in [1.54, 1.807) is 0 Å². The van der Waals surface area contributed by atoms with E-state index >= 15 is 0 Å². The van der Waals surface area contributed by atoms with Crippen LogP contribution in [-0.4, -0.2) is 9.97 Å². The zero-order chi connectivity index (χ0) is 10.7. The number of nitrogens with zero attached hydrogens (tertiary/aromatic N) is 2. The van der Waals surface area contributed by atoms with Gasteiger partial charge in [-0.05, 0) is 34.7 Å². The molecule has 2 aromatic rings. The maximum Gasteiger partial charge on any atom is 0.218 e. The Hall–Kier alpha value is -1.24. The highest BCUT2D eigenvalue weighted by atomic mass is 127. The number of anilines is 2. The Morgan fingerprint density at radius 2 is 2.00 bits per heavy atom. The lowest BCUT2D eigenvalue weighted by Gasteiger charge is -2.06. The topological polar surface area (TPSA) is 37.8 Å². The minimum absolute atomic E-state index is 0.451. The summed E-state index contributed by atoms with van der Waals surface area (Å²) < 4.78 is 13.8. The van der Waals surface area contributed by atoms with Crippen molar-refractivity contribution in [2.45, 2.75) is 0 Å². The van der Waals surface area contributed by atoms with Crippen LogP contribution in [0.4, 0.5) is 15.9 Å². The Balaban J connectivity index is 2.26. The molecule has 0 bridgehead atoms. The molecule has 0 radical (unpaired) electrons. The van der Waals surface area contributed by atoms with Crippen molar-refractivity contribution in [3.8, 4) is 0 Å². The van der Waals surface area contributed by atoms with E-state index in [1.165, 1.54) is 12.4 Å². The lowest BCUT2D eigenvalue weighted by atomic mass is 10.3. The van der Waals surface area contributed by atoms with Crippen LogP contribution in [0.5, 0.6) is 0 Å². The molecule has 0 atom stereocenters. The molecule has 1 heterocycles. The minimum Gasteiger partial charge on any atom is -0.339 e. The molecule has 1 aromatic carbocycles. The zero-order valence-electron chi connectivity index (χ0n) is 7.61. The molecule has 0 aliphatic heterocycles. The first-order chi connectivity index (χ1) is 7.25. The molecule has 3 nitrogen and oxygen atoms in total. The SMILES string of the molecule is Fc1cc(Nc2ccccc2I)ncn1. The average molecular weight is 315 g/mol. The second-order valence-corrected chi connectivity index (χ2v) is 3.99. The van der Waals surface area contributed by atoms with Crippen molar-refractivity contribution < 1.29 is 4.39 Å². The van der Waals surface area contributed by atoms with Gasteiger partial charge in [0.25, 0.3) is 0 Å². The van der Waals surface area contributed by atoms with E-state index in [1.807, 2.05) is 24.3 Å². The smallest absolute Gasteiger partial charge is 0.218 e. The maximum absolute atomic E-state index is 12.8. The lowest BCUT2D eigenvalue weighted by molar-refractivity contribution is 0.580. The van der Waals surface area contributed by atoms with Gasteiger partial charge in [-0.3, -0.25) is 0 Å². The van der Waals surface area contributed by atoms with Gasteiger partial charge in [-0.25, -0.2) is 9.97 Å². The molecule has 0 aliphatic rings. The summed E-state index contributed by atoms with van der Waals surface area (Å²) in [5.74, 6) is -0.0925. The molecule has 76 valence electrons. The molecule has 0 amide bonds. The molecule has 0 saturated carbocycles. The van der Waals surface area contributed by atoms with E-state index in [-0.39, 0.29) is 0 Å². The normalized spacial score (nSPS) is 10.0. The van der Waals surface area contributed by atoms with Crippen LogP contribution in [-0.2, 0) is 0 Å². The van der Waals surface area contributed by atoms with E-state index in [9.17, 15) is 4.39 Å². The van der Waals surface area contributed by atoms with E-state index < -0.39 is 5.95 Å². The summed E-state index contributed by atoms with van der Waals surface area (Å²) in [5, 5.41) is 3.01. The van der Waals surface area contributed by atoms with Crippen LogP contribution in [0.3, 0.4) is 0 Å². The first-order valence-corrected chi connectivity index (χ1v) is 5.33. The van der Waals surface area contributed by atoms with Gasteiger partial charge in [0.2, 0.25) is 5.95 Å². The van der Waals surface area contributed by atoms with Crippen molar-refractivity contribution in [2.24, 2.45) is 0 Å². The van der Waals surface area contributed by atoms with Crippen LogP contribution in [0, 0.1) is 9.52 Å². The van der Waals surface area contributed by atoms with Crippen molar-refractivity contribution in [2.75, 3.05) is 5.32 Å². The molecular weight excluding hydrogens is 308 g/mol. The number of hydrogen-bond donors (Lipinski definition) is 1. The van der Waals surface area contributed by atoms with Crippen LogP contribution >= 0.6 is 22.6 Å². The van der Waals surface area contributed by atoms with E-state index in [0.29, 0.717) is 5.82 Å². The predicted octanol–water partition coefficient (Wildman–Crippen LogP) is 2.96. The van der Waals surface area contributed by atoms with Crippen LogP contribution in [0.2, 0.25) is 0 Å². The maximum atomic E-state index is 12.8. The first kappa shape index (κ1) is 10.3. The summed E-state index contributed by atoms with van der Waals surface area (Å²) in [6.07, 6.45) is 1.19. The quantitative estimate of drug-likeness (QED) is 0.684. The van der Waals surface area contributed by atoms with Gasteiger partial charge < -0.3 is 5.32 Å². The monoisotopic (exact) mass is 315 g/mol. The summed E-state index contributed by atoms with van der Waals surface area (Å²) in [6.45, 7) is 0. The number of para-hydroxylation sites is 1. The highest BCUT2D eigenvalue weighted by molar-refractivity contribution is 14.1. The number of benzene rings is 1. The Morgan fingerprint density at radius 1 is 1.20 bits per heavy atom. The Labute approximate surface area is 99.9 Å². The van der Waals surface area contributed by atoms with Gasteiger partial charge in [-0.2, -0.15) is 4.39 Å². The molecule has 15 heavy (non-hydrogen) atoms. The van der Waals surface area contributed by atoms with E-state index in [2.05, 4.69) is 37.9 Å². The Bertz CT molecular complexity index is 476. The van der Waals surface area contributed by atoms with E-state index in [4.69, 9.17) is 0 Å². The standard InChI is InChI=1S/C10H7FIN3/c11-9-5-10(14-6-13-9)15-8-4-2-1-3-7(8)12/h1-6H,(H,13,14,15). The third-order valence-corrected chi connectivity index (χ3v) is 2.71. The Kier molecular flexibility index (Phi) is 3.10. The van der Waals surface area contributed by atoms with Gasteiger partial charge >= 0.3 is 0 Å². The zero-order valence-corrected chi connectivity index (χ0v) is 9.77. The van der Waals surface area contributed by atoms with Crippen molar-refractivity contribution in [3.63, 3.8) is 0 Å². The molecule has 0 saturated heterocycles. The fourth-order valence-electron chi connectivity index (χ4n) is 1.10. The summed E-state index contributed by atoms with van der Waals surface area (Å²) in [5.41, 5.74) is 0.899. The molecule has 0 fully saturated rings. The first-order valence-electron chi connectivity index (χ1n) is 4.25. The van der Waals surface area contributed by atoms with Crippen LogP contribution in [0.25, 0.3) is 0 Å². The van der Waals surface area contributed by atoms with Crippen LogP contribution < -0.4 is 5.32 Å². The fourth-order valence-corrected chi connectivity index (χ4v) is 1.62. The van der Waals surface area contributed by atoms with Crippen molar-refractivity contribution in [3.05, 3.63) is 46.2 Å². The van der Waals surface area contributed by atoms with Crippen LogP contribution in [0.1, 0.15) is 0 Å². The van der Waals surface area contributed by atoms with Crippen molar-refractivity contribution in [1.29, 1.82) is 0 Å². The molecule has 1 N–H and O–H groups in total. The third kappa shape index (κ3) is 2.62. The summed E-state index contributed by atoms with van der Waals surface area (Å²) >= 11 is 2.20. The second-order valence-electron chi connectivity index (χ2n) is 2.83. The average Bonchev–Trinajstić information content (AvgIpc) is 2.22. The van der Waals surface area contributed by atoms with Gasteiger partial charge in [0.1, 0.15) is 12.1 Å². The number of rotatable bonds is 2. The third-order valence-electron chi connectivity index (χ3n) is 1.77. The van der Waals surface area contributed by atoms with Gasteiger partial charge in [-0.15, -0.1) is 0 Å². The fraction of sp³-hybridized carbons (Fsp3) is 0. The highest BCUT2D eigenvalue weighted by Crippen LogP contribution is 2.20. The molecule has 0 aliphatic carbocycles. The molecule has 1 aromatic heterocycles. The molecule has 2 rings (SSSR count). The van der Waals surface area contributed by atoms with E-state index in [0.717, 1.165) is 9.26 Å². The number of nitrogens with one attached hydrogen (secondary N) is 1. The molecule has 0 unspecified atom stereocenters. The summed E-state index contributed by atoms with van der Waals surface area (Å²) in [4.78, 5) is 7.29. The van der Waals surface area contributed by atoms with Gasteiger partial charge in [-0.1, -0.05) is 12.1 Å². The second kappa shape index (κ2) is 4.52. The predicted molar refractivity (Wildman–Crippen MR) is 64.4 cm³/mol. The van der Waals surface area contributed by atoms with Gasteiger partial charge in [0.15, 0.2) is 0 Å². The summed E-state index contributed by atoms with van der Waals surface area (Å²) in [6, 6.07) is 8.96. The molecular formula is C10H7FIN3. The lowest BCUT2D eigenvalue weighted by Crippen LogP contribution is -1.96. The van der Waals surface area contributed by atoms with Gasteiger partial charge in [0.05, 0.1) is 5.69 Å². The molecule has 5 heteroatoms. The minimum atomic E-state index is -0.543.